The molecule has 0 aliphatic rings. The summed E-state index contributed by atoms with van der Waals surface area (Å²) in [6.45, 7) is 4.63. The first-order valence-electron chi connectivity index (χ1n) is 9.01. The maximum Gasteiger partial charge on any atom is 0.338 e. The van der Waals surface area contributed by atoms with Crippen LogP contribution in [-0.2, 0) is 25.9 Å². The number of nitrogens with zero attached hydrogens (tertiary/aromatic N) is 1. The molecule has 0 aliphatic heterocycles. The Morgan fingerprint density at radius 1 is 1.00 bits per heavy atom. The van der Waals surface area contributed by atoms with Crippen LogP contribution in [0.2, 0.25) is 0 Å². The van der Waals surface area contributed by atoms with E-state index in [2.05, 4.69) is 0 Å². The van der Waals surface area contributed by atoms with Crippen LogP contribution in [0.4, 0.5) is 0 Å². The van der Waals surface area contributed by atoms with E-state index in [1.807, 2.05) is 38.1 Å². The predicted octanol–water partition coefficient (Wildman–Crippen LogP) is 2.99. The predicted molar refractivity (Wildman–Crippen MR) is 107 cm³/mol. The van der Waals surface area contributed by atoms with Gasteiger partial charge in [0.2, 0.25) is 0 Å². The van der Waals surface area contributed by atoms with E-state index in [-0.39, 0.29) is 23.0 Å². The minimum Gasteiger partial charge on any atom is -0.452 e. The van der Waals surface area contributed by atoms with Gasteiger partial charge in [-0.05, 0) is 43.2 Å². The Balaban J connectivity index is 1.97. The molecule has 28 heavy (non-hydrogen) atoms. The smallest absolute Gasteiger partial charge is 0.338 e. The summed E-state index contributed by atoms with van der Waals surface area (Å²) in [6, 6.07) is 13.4. The molecule has 0 saturated carbocycles. The number of amides is 1. The molecule has 150 valence electrons. The van der Waals surface area contributed by atoms with E-state index >= 15 is 0 Å². The van der Waals surface area contributed by atoms with Crippen molar-refractivity contribution in [1.82, 2.24) is 4.90 Å². The zero-order valence-electron chi connectivity index (χ0n) is 16.3. The minimum atomic E-state index is -3.33. The monoisotopic (exact) mass is 403 g/mol. The first-order chi connectivity index (χ1) is 13.2. The standard InChI is InChI=1S/C21H25NO5S/c1-4-13-22(14-17-7-5-16(2)6-8-17)20(23)15-27-21(24)18-9-11-19(12-10-18)28(3,25)26/h5-12H,4,13-15H2,1-3H3. The molecule has 0 unspecified atom stereocenters. The third kappa shape index (κ3) is 6.20. The van der Waals surface area contributed by atoms with E-state index in [4.69, 9.17) is 4.74 Å². The number of hydrogen-bond acceptors (Lipinski definition) is 5. The first kappa shape index (κ1) is 21.6. The number of hydrogen-bond donors (Lipinski definition) is 0. The molecule has 2 aromatic carbocycles. The van der Waals surface area contributed by atoms with E-state index in [1.165, 1.54) is 24.3 Å². The van der Waals surface area contributed by atoms with E-state index in [1.54, 1.807) is 4.90 Å². The summed E-state index contributed by atoms with van der Waals surface area (Å²) in [4.78, 5) is 26.4. The van der Waals surface area contributed by atoms with Crippen LogP contribution in [0.15, 0.2) is 53.4 Å². The van der Waals surface area contributed by atoms with Crippen LogP contribution in [0.1, 0.15) is 34.8 Å². The van der Waals surface area contributed by atoms with Crippen molar-refractivity contribution in [3.63, 3.8) is 0 Å². The highest BCUT2D eigenvalue weighted by Crippen LogP contribution is 2.12. The highest BCUT2D eigenvalue weighted by Gasteiger charge is 2.17. The van der Waals surface area contributed by atoms with Crippen LogP contribution in [0.5, 0.6) is 0 Å². The van der Waals surface area contributed by atoms with Crippen molar-refractivity contribution in [3.8, 4) is 0 Å². The molecule has 6 nitrogen and oxygen atoms in total. The lowest BCUT2D eigenvalue weighted by Gasteiger charge is -2.22. The quantitative estimate of drug-likeness (QED) is 0.633. The van der Waals surface area contributed by atoms with Crippen molar-refractivity contribution < 1.29 is 22.7 Å². The Labute approximate surface area is 166 Å². The lowest BCUT2D eigenvalue weighted by molar-refractivity contribution is -0.135. The summed E-state index contributed by atoms with van der Waals surface area (Å²) in [5.41, 5.74) is 2.35. The molecule has 0 radical (unpaired) electrons. The SMILES string of the molecule is CCCN(Cc1ccc(C)cc1)C(=O)COC(=O)c1ccc(S(C)(=O)=O)cc1. The number of ether oxygens (including phenoxy) is 1. The van der Waals surface area contributed by atoms with Gasteiger partial charge in [-0.15, -0.1) is 0 Å². The van der Waals surface area contributed by atoms with E-state index in [0.29, 0.717) is 13.1 Å². The van der Waals surface area contributed by atoms with Crippen molar-refractivity contribution in [1.29, 1.82) is 0 Å². The Hall–Kier alpha value is -2.67. The average Bonchev–Trinajstić information content (AvgIpc) is 2.66. The lowest BCUT2D eigenvalue weighted by atomic mass is 10.1. The minimum absolute atomic E-state index is 0.118. The van der Waals surface area contributed by atoms with Crippen LogP contribution in [0.25, 0.3) is 0 Å². The summed E-state index contributed by atoms with van der Waals surface area (Å²) in [5.74, 6) is -0.941. The molecular formula is C21H25NO5S. The lowest BCUT2D eigenvalue weighted by Crippen LogP contribution is -2.34. The Morgan fingerprint density at radius 2 is 1.61 bits per heavy atom. The fraction of sp³-hybridized carbons (Fsp3) is 0.333. The van der Waals surface area contributed by atoms with Gasteiger partial charge in [0, 0.05) is 19.3 Å². The average molecular weight is 404 g/mol. The van der Waals surface area contributed by atoms with E-state index in [0.717, 1.165) is 23.8 Å². The highest BCUT2D eigenvalue weighted by molar-refractivity contribution is 7.90. The molecule has 0 aliphatic carbocycles. The maximum atomic E-state index is 12.5. The molecule has 1 amide bonds. The molecule has 2 rings (SSSR count). The molecule has 0 atom stereocenters. The van der Waals surface area contributed by atoms with Crippen LogP contribution < -0.4 is 0 Å². The number of carbonyl (C=O) groups excluding carboxylic acids is 2. The van der Waals surface area contributed by atoms with Gasteiger partial charge in [0.1, 0.15) is 0 Å². The Morgan fingerprint density at radius 3 is 2.14 bits per heavy atom. The molecule has 0 fully saturated rings. The summed E-state index contributed by atoms with van der Waals surface area (Å²) in [5, 5.41) is 0. The molecule has 0 saturated heterocycles. The van der Waals surface area contributed by atoms with E-state index in [9.17, 15) is 18.0 Å². The van der Waals surface area contributed by atoms with Crippen molar-refractivity contribution in [2.75, 3.05) is 19.4 Å². The maximum absolute atomic E-state index is 12.5. The fourth-order valence-corrected chi connectivity index (χ4v) is 3.25. The van der Waals surface area contributed by atoms with Crippen LogP contribution in [0.3, 0.4) is 0 Å². The van der Waals surface area contributed by atoms with Crippen LogP contribution >= 0.6 is 0 Å². The van der Waals surface area contributed by atoms with Crippen molar-refractivity contribution >= 4 is 21.7 Å². The summed E-state index contributed by atoms with van der Waals surface area (Å²) in [7, 11) is -3.33. The molecule has 0 bridgehead atoms. The molecule has 0 aromatic heterocycles. The summed E-state index contributed by atoms with van der Waals surface area (Å²) >= 11 is 0. The van der Waals surface area contributed by atoms with Gasteiger partial charge < -0.3 is 9.64 Å². The van der Waals surface area contributed by atoms with Gasteiger partial charge in [-0.25, -0.2) is 13.2 Å². The number of esters is 1. The molecule has 0 spiro atoms. The van der Waals surface area contributed by atoms with Gasteiger partial charge in [0.15, 0.2) is 16.4 Å². The third-order valence-electron chi connectivity index (χ3n) is 4.19. The zero-order valence-corrected chi connectivity index (χ0v) is 17.2. The number of carbonyl (C=O) groups is 2. The molecular weight excluding hydrogens is 378 g/mol. The number of rotatable bonds is 8. The van der Waals surface area contributed by atoms with E-state index < -0.39 is 15.8 Å². The molecule has 0 N–H and O–H groups in total. The highest BCUT2D eigenvalue weighted by atomic mass is 32.2. The Bertz CT molecular complexity index is 918. The van der Waals surface area contributed by atoms with Gasteiger partial charge in [0.25, 0.3) is 5.91 Å². The van der Waals surface area contributed by atoms with Crippen molar-refractivity contribution in [2.24, 2.45) is 0 Å². The summed E-state index contributed by atoms with van der Waals surface area (Å²) in [6.07, 6.45) is 1.88. The van der Waals surface area contributed by atoms with Gasteiger partial charge in [-0.3, -0.25) is 4.79 Å². The zero-order chi connectivity index (χ0) is 20.7. The van der Waals surface area contributed by atoms with Gasteiger partial charge in [0.05, 0.1) is 10.5 Å². The second kappa shape index (κ2) is 9.50. The second-order valence-corrected chi connectivity index (χ2v) is 8.69. The topological polar surface area (TPSA) is 80.8 Å². The first-order valence-corrected chi connectivity index (χ1v) is 10.9. The third-order valence-corrected chi connectivity index (χ3v) is 5.31. The van der Waals surface area contributed by atoms with Crippen LogP contribution in [0, 0.1) is 6.92 Å². The van der Waals surface area contributed by atoms with Crippen molar-refractivity contribution in [2.45, 2.75) is 31.7 Å². The Kier molecular flexibility index (Phi) is 7.34. The molecule has 2 aromatic rings. The largest absolute Gasteiger partial charge is 0.452 e. The van der Waals surface area contributed by atoms with Gasteiger partial charge >= 0.3 is 5.97 Å². The number of aryl methyl sites for hydroxylation is 1. The summed E-state index contributed by atoms with van der Waals surface area (Å²) < 4.78 is 28.1. The molecule has 7 heteroatoms. The molecule has 0 heterocycles. The van der Waals surface area contributed by atoms with Crippen LogP contribution in [-0.4, -0.2) is 44.6 Å². The normalized spacial score (nSPS) is 11.1. The number of benzene rings is 2. The number of sulfone groups is 1. The fourth-order valence-electron chi connectivity index (χ4n) is 2.62. The second-order valence-electron chi connectivity index (χ2n) is 6.67. The van der Waals surface area contributed by atoms with Crippen molar-refractivity contribution in [3.05, 3.63) is 65.2 Å². The van der Waals surface area contributed by atoms with Gasteiger partial charge in [-0.1, -0.05) is 36.8 Å². The van der Waals surface area contributed by atoms with Gasteiger partial charge in [-0.2, -0.15) is 0 Å².